The number of rotatable bonds is 1. The Morgan fingerprint density at radius 1 is 1.14 bits per heavy atom. The van der Waals surface area contributed by atoms with Crippen molar-refractivity contribution < 1.29 is 0 Å². The molecule has 0 unspecified atom stereocenters. The Labute approximate surface area is 91.7 Å². The molecule has 78 valence electrons. The van der Waals surface area contributed by atoms with Crippen LogP contribution in [0, 0.1) is 13.8 Å². The highest BCUT2D eigenvalue weighted by atomic mass is 32.1. The Kier molecular flexibility index (Phi) is 2.91. The fraction of sp³-hybridized carbons (Fsp3) is 0.538. The van der Waals surface area contributed by atoms with Gasteiger partial charge in [0.05, 0.1) is 0 Å². The first kappa shape index (κ1) is 11.5. The third-order valence-corrected chi connectivity index (χ3v) is 4.50. The summed E-state index contributed by atoms with van der Waals surface area (Å²) in [6.07, 6.45) is 0. The molecule has 0 aliphatic rings. The lowest BCUT2D eigenvalue weighted by Gasteiger charge is -2.17. The molecule has 0 spiro atoms. The van der Waals surface area contributed by atoms with Gasteiger partial charge in [-0.25, -0.2) is 0 Å². The van der Waals surface area contributed by atoms with E-state index in [-0.39, 0.29) is 5.41 Å². The quantitative estimate of drug-likeness (QED) is 0.628. The molecule has 1 heteroatoms. The molecule has 14 heavy (non-hydrogen) atoms. The normalized spacial score (nSPS) is 11.9. The fourth-order valence-corrected chi connectivity index (χ4v) is 3.02. The van der Waals surface area contributed by atoms with Crippen LogP contribution in [0.1, 0.15) is 48.6 Å². The molecule has 0 radical (unpaired) electrons. The number of hydrogen-bond donors (Lipinski definition) is 0. The van der Waals surface area contributed by atoms with E-state index in [1.54, 1.807) is 0 Å². The topological polar surface area (TPSA) is 0 Å². The van der Waals surface area contributed by atoms with Crippen LogP contribution in [0.25, 0.3) is 5.57 Å². The van der Waals surface area contributed by atoms with E-state index in [0.717, 1.165) is 0 Å². The van der Waals surface area contributed by atoms with E-state index in [1.165, 1.54) is 26.5 Å². The van der Waals surface area contributed by atoms with Gasteiger partial charge >= 0.3 is 0 Å². The van der Waals surface area contributed by atoms with Crippen LogP contribution in [0.4, 0.5) is 0 Å². The largest absolute Gasteiger partial charge is 0.140 e. The molecule has 1 rings (SSSR count). The molecule has 0 N–H and O–H groups in total. The van der Waals surface area contributed by atoms with Crippen LogP contribution >= 0.6 is 11.3 Å². The molecule has 0 aliphatic carbocycles. The van der Waals surface area contributed by atoms with Crippen molar-refractivity contribution in [2.24, 2.45) is 0 Å². The zero-order chi connectivity index (χ0) is 11.1. The molecule has 0 fully saturated rings. The van der Waals surface area contributed by atoms with Gasteiger partial charge in [-0.2, -0.15) is 0 Å². The number of thiophene rings is 1. The SMILES string of the molecule is C=C(C)c1sc(C(C)(C)C)c(C)c1C. The molecule has 0 saturated carbocycles. The highest BCUT2D eigenvalue weighted by Crippen LogP contribution is 2.38. The average Bonchev–Trinajstić information content (AvgIpc) is 2.28. The van der Waals surface area contributed by atoms with Gasteiger partial charge in [0.1, 0.15) is 0 Å². The molecule has 0 bridgehead atoms. The summed E-state index contributed by atoms with van der Waals surface area (Å²) in [5.74, 6) is 0. The highest BCUT2D eigenvalue weighted by Gasteiger charge is 2.22. The maximum atomic E-state index is 4.03. The van der Waals surface area contributed by atoms with E-state index >= 15 is 0 Å². The fourth-order valence-electron chi connectivity index (χ4n) is 1.72. The lowest BCUT2D eigenvalue weighted by Crippen LogP contribution is -2.10. The van der Waals surface area contributed by atoms with Crippen molar-refractivity contribution in [1.82, 2.24) is 0 Å². The van der Waals surface area contributed by atoms with Gasteiger partial charge in [-0.1, -0.05) is 27.4 Å². The average molecular weight is 208 g/mol. The smallest absolute Gasteiger partial charge is 0.0328 e. The first-order chi connectivity index (χ1) is 6.25. The van der Waals surface area contributed by atoms with Crippen molar-refractivity contribution in [3.05, 3.63) is 27.5 Å². The van der Waals surface area contributed by atoms with E-state index in [4.69, 9.17) is 0 Å². The van der Waals surface area contributed by atoms with E-state index < -0.39 is 0 Å². The van der Waals surface area contributed by atoms with Gasteiger partial charge in [0, 0.05) is 9.75 Å². The Hall–Kier alpha value is -0.560. The summed E-state index contributed by atoms with van der Waals surface area (Å²) in [7, 11) is 0. The second-order valence-electron chi connectivity index (χ2n) is 5.04. The molecular weight excluding hydrogens is 188 g/mol. The summed E-state index contributed by atoms with van der Waals surface area (Å²) in [6.45, 7) is 17.4. The Bertz CT molecular complexity index is 361. The summed E-state index contributed by atoms with van der Waals surface area (Å²) < 4.78 is 0. The van der Waals surface area contributed by atoms with E-state index in [9.17, 15) is 0 Å². The minimum atomic E-state index is 0.257. The van der Waals surface area contributed by atoms with Crippen LogP contribution < -0.4 is 0 Å². The monoisotopic (exact) mass is 208 g/mol. The number of hydrogen-bond acceptors (Lipinski definition) is 1. The maximum Gasteiger partial charge on any atom is 0.0328 e. The molecule has 0 atom stereocenters. The van der Waals surface area contributed by atoms with Crippen LogP contribution in [-0.2, 0) is 5.41 Å². The summed E-state index contributed by atoms with van der Waals surface area (Å²) in [5.41, 5.74) is 4.30. The van der Waals surface area contributed by atoms with Crippen LogP contribution in [-0.4, -0.2) is 0 Å². The van der Waals surface area contributed by atoms with Gasteiger partial charge in [-0.15, -0.1) is 11.3 Å². The Balaban J connectivity index is 3.37. The zero-order valence-corrected chi connectivity index (χ0v) is 10.9. The van der Waals surface area contributed by atoms with Crippen LogP contribution in [0.5, 0.6) is 0 Å². The highest BCUT2D eigenvalue weighted by molar-refractivity contribution is 7.13. The molecule has 0 amide bonds. The first-order valence-corrected chi connectivity index (χ1v) is 5.83. The molecule has 0 aliphatic heterocycles. The predicted octanol–water partition coefficient (Wildman–Crippen LogP) is 4.70. The molecule has 0 aromatic carbocycles. The minimum Gasteiger partial charge on any atom is -0.140 e. The predicted molar refractivity (Wildman–Crippen MR) is 67.2 cm³/mol. The summed E-state index contributed by atoms with van der Waals surface area (Å²) in [4.78, 5) is 2.86. The molecule has 1 aromatic rings. The van der Waals surface area contributed by atoms with Gasteiger partial charge in [-0.3, -0.25) is 0 Å². The van der Waals surface area contributed by atoms with Crippen molar-refractivity contribution >= 4 is 16.9 Å². The van der Waals surface area contributed by atoms with Crippen molar-refractivity contribution in [3.8, 4) is 0 Å². The summed E-state index contributed by atoms with van der Waals surface area (Å²) in [5, 5.41) is 0. The molecule has 1 heterocycles. The van der Waals surface area contributed by atoms with Gasteiger partial charge < -0.3 is 0 Å². The van der Waals surface area contributed by atoms with Crippen LogP contribution in [0.2, 0.25) is 0 Å². The van der Waals surface area contributed by atoms with Crippen molar-refractivity contribution in [3.63, 3.8) is 0 Å². The Morgan fingerprint density at radius 2 is 1.64 bits per heavy atom. The minimum absolute atomic E-state index is 0.257. The summed E-state index contributed by atoms with van der Waals surface area (Å²) >= 11 is 1.90. The standard InChI is InChI=1S/C13H20S/c1-8(2)11-9(3)10(4)12(14-11)13(5,6)7/h1H2,2-7H3. The Morgan fingerprint density at radius 3 is 1.86 bits per heavy atom. The van der Waals surface area contributed by atoms with E-state index in [2.05, 4.69) is 48.1 Å². The van der Waals surface area contributed by atoms with Crippen molar-refractivity contribution in [2.45, 2.75) is 47.0 Å². The zero-order valence-electron chi connectivity index (χ0n) is 10.1. The molecule has 0 saturated heterocycles. The van der Waals surface area contributed by atoms with Crippen LogP contribution in [0.15, 0.2) is 6.58 Å². The van der Waals surface area contributed by atoms with Gasteiger partial charge in [-0.05, 0) is 42.9 Å². The maximum absolute atomic E-state index is 4.03. The molecule has 0 nitrogen and oxygen atoms in total. The van der Waals surface area contributed by atoms with Gasteiger partial charge in [0.2, 0.25) is 0 Å². The third-order valence-electron chi connectivity index (χ3n) is 2.52. The first-order valence-electron chi connectivity index (χ1n) is 5.01. The second-order valence-corrected chi connectivity index (χ2v) is 6.06. The van der Waals surface area contributed by atoms with Gasteiger partial charge in [0.25, 0.3) is 0 Å². The summed E-state index contributed by atoms with van der Waals surface area (Å²) in [6, 6.07) is 0. The van der Waals surface area contributed by atoms with Crippen molar-refractivity contribution in [1.29, 1.82) is 0 Å². The van der Waals surface area contributed by atoms with E-state index in [1.807, 2.05) is 11.3 Å². The van der Waals surface area contributed by atoms with E-state index in [0.29, 0.717) is 0 Å². The lowest BCUT2D eigenvalue weighted by molar-refractivity contribution is 0.600. The lowest BCUT2D eigenvalue weighted by atomic mass is 9.90. The van der Waals surface area contributed by atoms with Crippen molar-refractivity contribution in [2.75, 3.05) is 0 Å². The third kappa shape index (κ3) is 1.93. The van der Waals surface area contributed by atoms with Gasteiger partial charge in [0.15, 0.2) is 0 Å². The number of allylic oxidation sites excluding steroid dienone is 1. The molecular formula is C13H20S. The molecule has 1 aromatic heterocycles. The van der Waals surface area contributed by atoms with Crippen LogP contribution in [0.3, 0.4) is 0 Å². The second kappa shape index (κ2) is 3.54.